The maximum absolute atomic E-state index is 13.3. The highest BCUT2D eigenvalue weighted by molar-refractivity contribution is 5.63. The first-order valence-corrected chi connectivity index (χ1v) is 7.51. The van der Waals surface area contributed by atoms with Crippen molar-refractivity contribution in [3.05, 3.63) is 57.9 Å². The highest BCUT2D eigenvalue weighted by atomic mass is 19.1. The summed E-state index contributed by atoms with van der Waals surface area (Å²) in [7, 11) is 0. The van der Waals surface area contributed by atoms with Crippen LogP contribution in [0, 0.1) is 26.6 Å². The molecule has 0 radical (unpaired) electrons. The molecule has 2 aromatic rings. The van der Waals surface area contributed by atoms with Crippen molar-refractivity contribution in [2.75, 3.05) is 0 Å². The van der Waals surface area contributed by atoms with Crippen molar-refractivity contribution < 1.29 is 14.2 Å². The van der Waals surface area contributed by atoms with Gasteiger partial charge in [0.1, 0.15) is 22.9 Å². The van der Waals surface area contributed by atoms with Gasteiger partial charge in [0.2, 0.25) is 0 Å². The van der Waals surface area contributed by atoms with Gasteiger partial charge >= 0.3 is 0 Å². The Kier molecular flexibility index (Phi) is 3.20. The van der Waals surface area contributed by atoms with Crippen LogP contribution in [0.15, 0.2) is 24.3 Å². The van der Waals surface area contributed by atoms with Crippen LogP contribution in [0.1, 0.15) is 47.6 Å². The number of phenols is 1. The van der Waals surface area contributed by atoms with E-state index in [1.807, 2.05) is 34.6 Å². The summed E-state index contributed by atoms with van der Waals surface area (Å²) in [4.78, 5) is 0. The van der Waals surface area contributed by atoms with Crippen molar-refractivity contribution in [2.24, 2.45) is 0 Å². The molecule has 3 heteroatoms. The summed E-state index contributed by atoms with van der Waals surface area (Å²) >= 11 is 0. The minimum Gasteiger partial charge on any atom is -0.507 e. The van der Waals surface area contributed by atoms with Crippen LogP contribution in [0.3, 0.4) is 0 Å². The summed E-state index contributed by atoms with van der Waals surface area (Å²) in [6.07, 6.45) is 0. The van der Waals surface area contributed by atoms with E-state index in [1.54, 1.807) is 12.1 Å². The Morgan fingerprint density at radius 3 is 2.18 bits per heavy atom. The number of hydrogen-bond donors (Lipinski definition) is 1. The summed E-state index contributed by atoms with van der Waals surface area (Å²) < 4.78 is 19.5. The summed E-state index contributed by atoms with van der Waals surface area (Å²) in [6.45, 7) is 9.86. The quantitative estimate of drug-likeness (QED) is 0.823. The third kappa shape index (κ3) is 1.99. The van der Waals surface area contributed by atoms with Crippen LogP contribution in [0.4, 0.5) is 4.39 Å². The average molecular weight is 300 g/mol. The molecule has 0 bridgehead atoms. The van der Waals surface area contributed by atoms with E-state index in [9.17, 15) is 9.50 Å². The molecule has 1 heterocycles. The predicted octanol–water partition coefficient (Wildman–Crippen LogP) is 4.76. The predicted molar refractivity (Wildman–Crippen MR) is 85.3 cm³/mol. The molecule has 0 aromatic heterocycles. The zero-order valence-electron chi connectivity index (χ0n) is 13.6. The Labute approximate surface area is 130 Å². The zero-order valence-corrected chi connectivity index (χ0v) is 13.6. The molecule has 0 saturated heterocycles. The summed E-state index contributed by atoms with van der Waals surface area (Å²) in [5, 5.41) is 10.4. The second-order valence-electron chi connectivity index (χ2n) is 6.66. The summed E-state index contributed by atoms with van der Waals surface area (Å²) in [6, 6.07) is 6.54. The number of rotatable bonds is 1. The first-order valence-electron chi connectivity index (χ1n) is 7.51. The first-order chi connectivity index (χ1) is 10.2. The molecule has 1 aliphatic rings. The average Bonchev–Trinajstić information content (AvgIpc) is 2.75. The molecule has 1 N–H and O–H groups in total. The van der Waals surface area contributed by atoms with Crippen molar-refractivity contribution >= 4 is 0 Å². The van der Waals surface area contributed by atoms with E-state index < -0.39 is 5.60 Å². The molecule has 2 aromatic carbocycles. The van der Waals surface area contributed by atoms with Crippen LogP contribution >= 0.6 is 0 Å². The topological polar surface area (TPSA) is 29.5 Å². The van der Waals surface area contributed by atoms with Crippen LogP contribution in [-0.2, 0) is 0 Å². The molecule has 3 rings (SSSR count). The number of halogens is 1. The van der Waals surface area contributed by atoms with E-state index in [2.05, 4.69) is 0 Å². The fourth-order valence-electron chi connectivity index (χ4n) is 3.50. The van der Waals surface area contributed by atoms with Gasteiger partial charge in [0.25, 0.3) is 0 Å². The van der Waals surface area contributed by atoms with Crippen LogP contribution < -0.4 is 4.74 Å². The number of ether oxygens (including phenoxy) is 1. The van der Waals surface area contributed by atoms with Crippen molar-refractivity contribution in [3.8, 4) is 11.5 Å². The first kappa shape index (κ1) is 14.9. The molecule has 1 atom stereocenters. The van der Waals surface area contributed by atoms with Gasteiger partial charge in [-0.05, 0) is 69.0 Å². The highest BCUT2D eigenvalue weighted by Crippen LogP contribution is 2.53. The lowest BCUT2D eigenvalue weighted by Gasteiger charge is -2.27. The Morgan fingerprint density at radius 1 is 1.00 bits per heavy atom. The monoisotopic (exact) mass is 300 g/mol. The Morgan fingerprint density at radius 2 is 1.59 bits per heavy atom. The maximum atomic E-state index is 13.3. The van der Waals surface area contributed by atoms with Gasteiger partial charge in [-0.3, -0.25) is 0 Å². The fraction of sp³-hybridized carbons (Fsp3) is 0.368. The maximum Gasteiger partial charge on any atom is 0.127 e. The van der Waals surface area contributed by atoms with Gasteiger partial charge in [-0.1, -0.05) is 12.1 Å². The Bertz CT molecular complexity index is 745. The van der Waals surface area contributed by atoms with Gasteiger partial charge < -0.3 is 9.84 Å². The lowest BCUT2D eigenvalue weighted by molar-refractivity contribution is 0.121. The lowest BCUT2D eigenvalue weighted by atomic mass is 9.78. The van der Waals surface area contributed by atoms with Crippen LogP contribution in [0.25, 0.3) is 0 Å². The zero-order chi connectivity index (χ0) is 16.2. The van der Waals surface area contributed by atoms with E-state index in [1.165, 1.54) is 12.1 Å². The summed E-state index contributed by atoms with van der Waals surface area (Å²) in [5.41, 5.74) is 4.23. The molecule has 0 aliphatic carbocycles. The molecule has 2 nitrogen and oxygen atoms in total. The van der Waals surface area contributed by atoms with Crippen molar-refractivity contribution in [3.63, 3.8) is 0 Å². The molecule has 0 amide bonds. The van der Waals surface area contributed by atoms with Gasteiger partial charge in [-0.2, -0.15) is 0 Å². The van der Waals surface area contributed by atoms with Gasteiger partial charge in [-0.15, -0.1) is 0 Å². The number of phenolic OH excluding ortho intramolecular Hbond substituents is 1. The Hall–Kier alpha value is -2.03. The second kappa shape index (κ2) is 4.73. The SMILES string of the molecule is Cc1c(C)c2c(c(C)c1O)C(c1ccc(F)cc1)C(C)(C)O2. The summed E-state index contributed by atoms with van der Waals surface area (Å²) in [5.74, 6) is 0.894. The smallest absolute Gasteiger partial charge is 0.127 e. The molecule has 1 aliphatic heterocycles. The third-order valence-electron chi connectivity index (χ3n) is 4.81. The van der Waals surface area contributed by atoms with Crippen LogP contribution in [0.5, 0.6) is 11.5 Å². The van der Waals surface area contributed by atoms with Crippen LogP contribution in [-0.4, -0.2) is 10.7 Å². The van der Waals surface area contributed by atoms with Crippen molar-refractivity contribution in [1.82, 2.24) is 0 Å². The molecule has 22 heavy (non-hydrogen) atoms. The highest BCUT2D eigenvalue weighted by Gasteiger charge is 2.44. The number of aromatic hydroxyl groups is 1. The molecule has 0 saturated carbocycles. The van der Waals surface area contributed by atoms with Crippen molar-refractivity contribution in [2.45, 2.75) is 46.1 Å². The minimum atomic E-state index is -0.448. The number of fused-ring (bicyclic) bond motifs is 1. The number of benzene rings is 2. The minimum absolute atomic E-state index is 0.0340. The van der Waals surface area contributed by atoms with E-state index >= 15 is 0 Å². The lowest BCUT2D eigenvalue weighted by Crippen LogP contribution is -2.31. The fourth-order valence-corrected chi connectivity index (χ4v) is 3.50. The normalized spacial score (nSPS) is 18.9. The van der Waals surface area contributed by atoms with Gasteiger partial charge in [0.05, 0.1) is 5.92 Å². The molecule has 0 fully saturated rings. The third-order valence-corrected chi connectivity index (χ3v) is 4.81. The van der Waals surface area contributed by atoms with Crippen molar-refractivity contribution in [1.29, 1.82) is 0 Å². The van der Waals surface area contributed by atoms with E-state index in [0.29, 0.717) is 5.75 Å². The van der Waals surface area contributed by atoms with E-state index in [0.717, 1.165) is 33.6 Å². The largest absolute Gasteiger partial charge is 0.507 e. The molecular formula is C19H21FO2. The van der Waals surface area contributed by atoms with Gasteiger partial charge in [-0.25, -0.2) is 4.39 Å². The molecule has 116 valence electrons. The van der Waals surface area contributed by atoms with E-state index in [-0.39, 0.29) is 11.7 Å². The molecular weight excluding hydrogens is 279 g/mol. The standard InChI is InChI=1S/C19H21FO2/c1-10-11(2)18-15(12(3)17(10)21)16(19(4,5)22-18)13-6-8-14(20)9-7-13/h6-9,16,21H,1-5H3. The van der Waals surface area contributed by atoms with Crippen LogP contribution in [0.2, 0.25) is 0 Å². The second-order valence-corrected chi connectivity index (χ2v) is 6.66. The van der Waals surface area contributed by atoms with Gasteiger partial charge in [0.15, 0.2) is 0 Å². The Balaban J connectivity index is 2.28. The molecule has 0 spiro atoms. The number of hydrogen-bond acceptors (Lipinski definition) is 2. The van der Waals surface area contributed by atoms with E-state index in [4.69, 9.17) is 4.74 Å². The molecule has 1 unspecified atom stereocenters. The van der Waals surface area contributed by atoms with Gasteiger partial charge in [0, 0.05) is 5.56 Å².